The Kier molecular flexibility index (Phi) is 13.6. The van der Waals surface area contributed by atoms with E-state index in [4.69, 9.17) is 9.47 Å². The molecular formula is C53H61N3O8. The number of hydrogen-bond donors (Lipinski definition) is 8. The Morgan fingerprint density at radius 3 is 2.58 bits per heavy atom. The van der Waals surface area contributed by atoms with Crippen LogP contribution in [0.2, 0.25) is 0 Å². The van der Waals surface area contributed by atoms with Crippen molar-refractivity contribution >= 4 is 22.2 Å². The first kappa shape index (κ1) is 44.3. The topological polar surface area (TPSA) is 177 Å². The highest BCUT2D eigenvalue weighted by atomic mass is 16.5. The van der Waals surface area contributed by atoms with Gasteiger partial charge < -0.3 is 50.6 Å². The summed E-state index contributed by atoms with van der Waals surface area (Å²) in [5.74, 6) is 0.783. The molecule has 6 unspecified atom stereocenters. The van der Waals surface area contributed by atoms with Crippen LogP contribution in [-0.4, -0.2) is 62.7 Å². The van der Waals surface area contributed by atoms with Gasteiger partial charge in [0.2, 0.25) is 5.75 Å². The number of H-pyrrole nitrogens is 1. The molecule has 3 aliphatic rings. The van der Waals surface area contributed by atoms with Crippen molar-refractivity contribution in [2.75, 3.05) is 25.6 Å². The van der Waals surface area contributed by atoms with Crippen molar-refractivity contribution in [3.8, 4) is 34.5 Å². The number of carbonyl (C=O) groups is 1. The van der Waals surface area contributed by atoms with E-state index in [0.717, 1.165) is 64.8 Å². The van der Waals surface area contributed by atoms with E-state index in [1.807, 2.05) is 42.6 Å². The molecule has 2 aliphatic carbocycles. The number of hydrogen-bond acceptors (Lipinski definition) is 10. The number of nitrogens with one attached hydrogen (secondary N) is 3. The second-order valence-corrected chi connectivity index (χ2v) is 18.1. The third-order valence-corrected chi connectivity index (χ3v) is 13.7. The smallest absolute Gasteiger partial charge is 0.200 e. The van der Waals surface area contributed by atoms with Crippen LogP contribution in [0.4, 0.5) is 5.69 Å². The molecule has 1 fully saturated rings. The number of phenols is 4. The molecule has 11 heteroatoms. The molecular weight excluding hydrogens is 807 g/mol. The Morgan fingerprint density at radius 2 is 1.77 bits per heavy atom. The largest absolute Gasteiger partial charge is 0.508 e. The van der Waals surface area contributed by atoms with Crippen molar-refractivity contribution in [3.63, 3.8) is 0 Å². The predicted octanol–water partition coefficient (Wildman–Crippen LogP) is 9.60. The van der Waals surface area contributed by atoms with Crippen LogP contribution < -0.4 is 20.1 Å². The molecule has 5 aromatic rings. The molecule has 1 aromatic heterocycles. The molecule has 0 spiro atoms. The van der Waals surface area contributed by atoms with Gasteiger partial charge in [0.25, 0.3) is 0 Å². The summed E-state index contributed by atoms with van der Waals surface area (Å²) >= 11 is 0. The number of aromatic nitrogens is 1. The summed E-state index contributed by atoms with van der Waals surface area (Å²) in [7, 11) is 1.50. The first-order chi connectivity index (χ1) is 31.0. The van der Waals surface area contributed by atoms with Crippen LogP contribution in [0, 0.1) is 29.1 Å². The van der Waals surface area contributed by atoms with Gasteiger partial charge in [-0.15, -0.1) is 0 Å². The number of methoxy groups -OCH3 is 1. The van der Waals surface area contributed by atoms with Gasteiger partial charge in [-0.3, -0.25) is 4.79 Å². The number of aryl methyl sites for hydroxylation is 2. The lowest BCUT2D eigenvalue weighted by Crippen LogP contribution is -2.48. The van der Waals surface area contributed by atoms with Crippen molar-refractivity contribution in [2.24, 2.45) is 29.1 Å². The lowest BCUT2D eigenvalue weighted by Gasteiger charge is -2.46. The Balaban J connectivity index is 1.13. The fourth-order valence-electron chi connectivity index (χ4n) is 10.6. The highest BCUT2D eigenvalue weighted by Gasteiger charge is 2.55. The number of dihydropyridines is 1. The molecule has 1 saturated carbocycles. The summed E-state index contributed by atoms with van der Waals surface area (Å²) in [4.78, 5) is 18.8. The predicted molar refractivity (Wildman–Crippen MR) is 250 cm³/mol. The van der Waals surface area contributed by atoms with Crippen molar-refractivity contribution in [1.29, 1.82) is 0 Å². The molecule has 0 amide bonds. The van der Waals surface area contributed by atoms with Gasteiger partial charge >= 0.3 is 0 Å². The van der Waals surface area contributed by atoms with Crippen LogP contribution in [0.15, 0.2) is 121 Å². The fourth-order valence-corrected chi connectivity index (χ4v) is 10.6. The zero-order chi connectivity index (χ0) is 44.8. The third-order valence-electron chi connectivity index (χ3n) is 13.7. The molecule has 64 heavy (non-hydrogen) atoms. The molecule has 4 aromatic carbocycles. The van der Waals surface area contributed by atoms with Crippen molar-refractivity contribution in [1.82, 2.24) is 10.3 Å². The summed E-state index contributed by atoms with van der Waals surface area (Å²) in [6.45, 7) is 3.09. The number of rotatable bonds is 18. The monoisotopic (exact) mass is 867 g/mol. The van der Waals surface area contributed by atoms with Crippen molar-refractivity contribution in [3.05, 3.63) is 138 Å². The van der Waals surface area contributed by atoms with Gasteiger partial charge in [0.1, 0.15) is 17.4 Å². The summed E-state index contributed by atoms with van der Waals surface area (Å²) in [6, 6.07) is 23.7. The minimum atomic E-state index is -1.04. The van der Waals surface area contributed by atoms with E-state index in [1.165, 1.54) is 13.2 Å². The van der Waals surface area contributed by atoms with Gasteiger partial charge in [-0.1, -0.05) is 49.8 Å². The number of aromatic hydroxyl groups is 4. The zero-order valence-electron chi connectivity index (χ0n) is 36.7. The number of aromatic amines is 1. The lowest BCUT2D eigenvalue weighted by atomic mass is 9.58. The van der Waals surface area contributed by atoms with Crippen LogP contribution in [0.1, 0.15) is 68.7 Å². The molecule has 2 heterocycles. The Morgan fingerprint density at radius 1 is 0.938 bits per heavy atom. The number of ether oxygens (including phenoxy) is 2. The summed E-state index contributed by atoms with van der Waals surface area (Å²) in [5.41, 5.74) is 3.70. The fraction of sp³-hybridized carbons (Fsp3) is 0.377. The van der Waals surface area contributed by atoms with Crippen LogP contribution in [0.3, 0.4) is 0 Å². The normalized spacial score (nSPS) is 21.7. The Bertz CT molecular complexity index is 2530. The van der Waals surface area contributed by atoms with Crippen LogP contribution in [-0.2, 0) is 24.1 Å². The number of fused-ring (bicyclic) bond motifs is 1. The quantitative estimate of drug-likeness (QED) is 0.0313. The second-order valence-electron chi connectivity index (χ2n) is 18.1. The maximum Gasteiger partial charge on any atom is 0.200 e. The highest BCUT2D eigenvalue weighted by molar-refractivity contribution is 5.87. The average Bonchev–Trinajstić information content (AvgIpc) is 3.97. The minimum Gasteiger partial charge on any atom is -0.508 e. The van der Waals surface area contributed by atoms with E-state index in [0.29, 0.717) is 56.1 Å². The molecule has 11 nitrogen and oxygen atoms in total. The van der Waals surface area contributed by atoms with Gasteiger partial charge in [0, 0.05) is 41.9 Å². The van der Waals surface area contributed by atoms with Crippen molar-refractivity contribution < 1.29 is 39.8 Å². The number of carbonyl (C=O) groups excluding carboxylic acids is 1. The number of Topliss-reactive ketones (excluding diaryl/α,β-unsaturated/α-hetero) is 1. The standard InChI is InChI=1S/C53H61N3O8/c1-33-6-3-7-36(24-33)32-64-49-27-35(25-47(61)52(49)62)12-19-46(60)51(45(59)18-11-34-10-17-44(58)48(26-34)63-2)53(21-4-8-39(53)30-41-9-5-22-54-41)40-20-23-55-50(31-40)56-42-15-13-38-29-43(57)16-14-37(38)28-42/h3,5,7,9-10,13-17,20,22,25-29,31,33,36,39,45,51,54-59,61-62H,4,6,8,11-12,18-19,21,23-24,30,32H2,1-2H3. The zero-order valence-corrected chi connectivity index (χ0v) is 36.7. The molecule has 1 aliphatic heterocycles. The summed E-state index contributed by atoms with van der Waals surface area (Å²) in [6.07, 6.45) is 15.7. The van der Waals surface area contributed by atoms with Crippen LogP contribution >= 0.6 is 0 Å². The number of ketones is 1. The first-order valence-corrected chi connectivity index (χ1v) is 22.7. The first-order valence-electron chi connectivity index (χ1n) is 22.7. The number of aliphatic hydroxyl groups excluding tert-OH is 1. The lowest BCUT2D eigenvalue weighted by molar-refractivity contribution is -0.133. The molecule has 0 radical (unpaired) electrons. The SMILES string of the molecule is COc1cc(CCC(O)C(C(=O)CCc2cc(O)c(O)c(OCC3C=CCC(C)C3)c2)C2(C3=CCNC(Nc4ccc5cc(O)ccc5c4)=C3)CCCC2Cc2ccc[nH]2)ccc1O. The van der Waals surface area contributed by atoms with E-state index in [2.05, 4.69) is 52.9 Å². The van der Waals surface area contributed by atoms with Crippen LogP contribution in [0.5, 0.6) is 34.5 Å². The van der Waals surface area contributed by atoms with E-state index in [1.54, 1.807) is 30.3 Å². The average molecular weight is 868 g/mol. The Labute approximate surface area is 375 Å². The van der Waals surface area contributed by atoms with Crippen LogP contribution in [0.25, 0.3) is 10.8 Å². The molecule has 336 valence electrons. The maximum absolute atomic E-state index is 15.3. The summed E-state index contributed by atoms with van der Waals surface area (Å²) < 4.78 is 11.5. The highest BCUT2D eigenvalue weighted by Crippen LogP contribution is 2.57. The number of aliphatic hydroxyl groups is 1. The maximum atomic E-state index is 15.3. The Hall–Kier alpha value is -6.33. The van der Waals surface area contributed by atoms with Gasteiger partial charge in [-0.25, -0.2) is 0 Å². The van der Waals surface area contributed by atoms with E-state index in [9.17, 15) is 25.5 Å². The molecule has 0 bridgehead atoms. The van der Waals surface area contributed by atoms with Gasteiger partial charge in [0.05, 0.1) is 25.7 Å². The minimum absolute atomic E-state index is 0.00740. The third kappa shape index (κ3) is 9.90. The van der Waals surface area contributed by atoms with Gasteiger partial charge in [0.15, 0.2) is 23.0 Å². The number of phenolic OH excluding ortho intramolecular Hbond substituents is 4. The van der Waals surface area contributed by atoms with Crippen molar-refractivity contribution in [2.45, 2.75) is 77.2 Å². The summed E-state index contributed by atoms with van der Waals surface area (Å²) in [5, 5.41) is 63.7. The van der Waals surface area contributed by atoms with E-state index in [-0.39, 0.29) is 59.2 Å². The van der Waals surface area contributed by atoms with E-state index < -0.39 is 17.4 Å². The van der Waals surface area contributed by atoms with E-state index >= 15 is 4.79 Å². The molecule has 0 saturated heterocycles. The van der Waals surface area contributed by atoms with Gasteiger partial charge in [-0.05, 0) is 157 Å². The number of benzene rings is 4. The second kappa shape index (κ2) is 19.6. The number of allylic oxidation sites excluding steroid dienone is 3. The molecule has 8 rings (SSSR count). The molecule has 6 atom stereocenters. The van der Waals surface area contributed by atoms with Gasteiger partial charge in [-0.2, -0.15) is 0 Å². The molecule has 8 N–H and O–H groups in total. The number of anilines is 1.